The molecule has 0 aliphatic heterocycles. The molecule has 70 valence electrons. The molecule has 1 nitrogen and oxygen atoms in total. The molecule has 1 aromatic carbocycles. The third-order valence-electron chi connectivity index (χ3n) is 2.47. The second kappa shape index (κ2) is 3.70. The van der Waals surface area contributed by atoms with Crippen molar-refractivity contribution in [1.82, 2.24) is 0 Å². The zero-order chi connectivity index (χ0) is 9.26. The van der Waals surface area contributed by atoms with E-state index >= 15 is 0 Å². The lowest BCUT2D eigenvalue weighted by Crippen LogP contribution is -1.91. The third kappa shape index (κ3) is 2.05. The molecule has 1 saturated carbocycles. The van der Waals surface area contributed by atoms with Gasteiger partial charge in [0.2, 0.25) is 0 Å². The average Bonchev–Trinajstić information content (AvgIpc) is 3.00. The maximum absolute atomic E-state index is 5.11. The van der Waals surface area contributed by atoms with Crippen molar-refractivity contribution in [3.8, 4) is 5.75 Å². The van der Waals surface area contributed by atoms with E-state index in [2.05, 4.69) is 28.1 Å². The van der Waals surface area contributed by atoms with Crippen molar-refractivity contribution in [2.75, 3.05) is 7.11 Å². The van der Waals surface area contributed by atoms with Crippen molar-refractivity contribution in [3.63, 3.8) is 0 Å². The molecule has 1 aromatic rings. The van der Waals surface area contributed by atoms with Gasteiger partial charge in [0, 0.05) is 4.83 Å². The molecule has 1 unspecified atom stereocenters. The highest BCUT2D eigenvalue weighted by Crippen LogP contribution is 2.46. The van der Waals surface area contributed by atoms with E-state index in [1.807, 2.05) is 12.1 Å². The lowest BCUT2D eigenvalue weighted by Gasteiger charge is -2.08. The van der Waals surface area contributed by atoms with Gasteiger partial charge < -0.3 is 4.74 Å². The number of hydrogen-bond acceptors (Lipinski definition) is 1. The normalized spacial score (nSPS) is 18.3. The Bertz CT molecular complexity index is 277. The minimum Gasteiger partial charge on any atom is -0.497 e. The van der Waals surface area contributed by atoms with Crippen LogP contribution in [-0.4, -0.2) is 7.11 Å². The third-order valence-corrected chi connectivity index (χ3v) is 3.75. The molecule has 1 aliphatic rings. The molecule has 1 fully saturated rings. The summed E-state index contributed by atoms with van der Waals surface area (Å²) in [6.07, 6.45) is 2.73. The zero-order valence-electron chi connectivity index (χ0n) is 7.66. The lowest BCUT2D eigenvalue weighted by molar-refractivity contribution is 0.414. The van der Waals surface area contributed by atoms with Gasteiger partial charge in [0.05, 0.1) is 7.11 Å². The molecule has 2 heteroatoms. The summed E-state index contributed by atoms with van der Waals surface area (Å²) < 4.78 is 5.11. The van der Waals surface area contributed by atoms with Crippen molar-refractivity contribution in [1.29, 1.82) is 0 Å². The Morgan fingerprint density at radius 3 is 2.38 bits per heavy atom. The van der Waals surface area contributed by atoms with Crippen molar-refractivity contribution in [3.05, 3.63) is 29.8 Å². The molecule has 0 N–H and O–H groups in total. The van der Waals surface area contributed by atoms with Crippen LogP contribution in [-0.2, 0) is 0 Å². The highest BCUT2D eigenvalue weighted by Gasteiger charge is 2.30. The van der Waals surface area contributed by atoms with Crippen molar-refractivity contribution >= 4 is 15.9 Å². The smallest absolute Gasteiger partial charge is 0.118 e. The van der Waals surface area contributed by atoms with E-state index in [9.17, 15) is 0 Å². The molecule has 0 heterocycles. The first-order valence-corrected chi connectivity index (χ1v) is 5.51. The lowest BCUT2D eigenvalue weighted by atomic mass is 10.1. The minimum atomic E-state index is 0.540. The summed E-state index contributed by atoms with van der Waals surface area (Å²) in [5, 5.41) is 0. The monoisotopic (exact) mass is 240 g/mol. The largest absolute Gasteiger partial charge is 0.497 e. The van der Waals surface area contributed by atoms with Gasteiger partial charge >= 0.3 is 0 Å². The molecule has 0 amide bonds. The first-order chi connectivity index (χ1) is 6.31. The van der Waals surface area contributed by atoms with Crippen LogP contribution in [0.1, 0.15) is 23.2 Å². The summed E-state index contributed by atoms with van der Waals surface area (Å²) >= 11 is 3.72. The van der Waals surface area contributed by atoms with Crippen LogP contribution in [0.4, 0.5) is 0 Å². The Kier molecular flexibility index (Phi) is 2.58. The van der Waals surface area contributed by atoms with E-state index in [0.717, 1.165) is 11.7 Å². The molecule has 0 bridgehead atoms. The van der Waals surface area contributed by atoms with Gasteiger partial charge in [0.25, 0.3) is 0 Å². The van der Waals surface area contributed by atoms with Crippen LogP contribution >= 0.6 is 15.9 Å². The summed E-state index contributed by atoms with van der Waals surface area (Å²) in [6, 6.07) is 8.31. The SMILES string of the molecule is COc1ccc(C(Br)C2CC2)cc1. The van der Waals surface area contributed by atoms with Gasteiger partial charge in [-0.2, -0.15) is 0 Å². The fourth-order valence-electron chi connectivity index (χ4n) is 1.45. The van der Waals surface area contributed by atoms with Gasteiger partial charge in [-0.3, -0.25) is 0 Å². The number of rotatable bonds is 3. The van der Waals surface area contributed by atoms with Crippen LogP contribution in [0.15, 0.2) is 24.3 Å². The molecule has 0 radical (unpaired) electrons. The van der Waals surface area contributed by atoms with Crippen LogP contribution < -0.4 is 4.74 Å². The molecular formula is C11H13BrO. The molecule has 1 atom stereocenters. The van der Waals surface area contributed by atoms with Gasteiger partial charge in [0.15, 0.2) is 0 Å². The second-order valence-corrected chi connectivity index (χ2v) is 4.50. The van der Waals surface area contributed by atoms with Gasteiger partial charge in [-0.15, -0.1) is 0 Å². The van der Waals surface area contributed by atoms with E-state index < -0.39 is 0 Å². The maximum atomic E-state index is 5.11. The number of hydrogen-bond donors (Lipinski definition) is 0. The highest BCUT2D eigenvalue weighted by molar-refractivity contribution is 9.09. The summed E-state index contributed by atoms with van der Waals surface area (Å²) in [4.78, 5) is 0.540. The van der Waals surface area contributed by atoms with E-state index in [-0.39, 0.29) is 0 Å². The fourth-order valence-corrected chi connectivity index (χ4v) is 2.28. The van der Waals surface area contributed by atoms with E-state index in [0.29, 0.717) is 4.83 Å². The van der Waals surface area contributed by atoms with Crippen molar-refractivity contribution in [2.45, 2.75) is 17.7 Å². The van der Waals surface area contributed by atoms with E-state index in [1.165, 1.54) is 18.4 Å². The van der Waals surface area contributed by atoms with Crippen LogP contribution in [0.5, 0.6) is 5.75 Å². The summed E-state index contributed by atoms with van der Waals surface area (Å²) in [6.45, 7) is 0. The van der Waals surface area contributed by atoms with Crippen LogP contribution in [0, 0.1) is 5.92 Å². The number of alkyl halides is 1. The molecule has 0 spiro atoms. The number of ether oxygens (including phenoxy) is 1. The quantitative estimate of drug-likeness (QED) is 0.735. The second-order valence-electron chi connectivity index (χ2n) is 3.51. The van der Waals surface area contributed by atoms with Crippen molar-refractivity contribution in [2.24, 2.45) is 5.92 Å². The minimum absolute atomic E-state index is 0.540. The van der Waals surface area contributed by atoms with Gasteiger partial charge in [-0.1, -0.05) is 28.1 Å². The Balaban J connectivity index is 2.11. The molecule has 1 aliphatic carbocycles. The summed E-state index contributed by atoms with van der Waals surface area (Å²) in [5.41, 5.74) is 1.36. The standard InChI is InChI=1S/C11H13BrO/c1-13-10-6-4-9(5-7-10)11(12)8-2-3-8/h4-8,11H,2-3H2,1H3. The van der Waals surface area contributed by atoms with Gasteiger partial charge in [0.1, 0.15) is 5.75 Å². The predicted octanol–water partition coefficient (Wildman–Crippen LogP) is 3.54. The number of benzene rings is 1. The molecule has 2 rings (SSSR count). The van der Waals surface area contributed by atoms with Crippen LogP contribution in [0.25, 0.3) is 0 Å². The Labute approximate surface area is 87.2 Å². The molecule has 13 heavy (non-hydrogen) atoms. The predicted molar refractivity (Wildman–Crippen MR) is 57.4 cm³/mol. The van der Waals surface area contributed by atoms with Crippen LogP contribution in [0.2, 0.25) is 0 Å². The maximum Gasteiger partial charge on any atom is 0.118 e. The Morgan fingerprint density at radius 2 is 1.92 bits per heavy atom. The zero-order valence-corrected chi connectivity index (χ0v) is 9.25. The average molecular weight is 241 g/mol. The Morgan fingerprint density at radius 1 is 1.31 bits per heavy atom. The number of methoxy groups -OCH3 is 1. The molecule has 0 aromatic heterocycles. The van der Waals surface area contributed by atoms with Gasteiger partial charge in [-0.25, -0.2) is 0 Å². The van der Waals surface area contributed by atoms with E-state index in [1.54, 1.807) is 7.11 Å². The number of halogens is 1. The topological polar surface area (TPSA) is 9.23 Å². The fraction of sp³-hybridized carbons (Fsp3) is 0.455. The molecular weight excluding hydrogens is 228 g/mol. The highest BCUT2D eigenvalue weighted by atomic mass is 79.9. The van der Waals surface area contributed by atoms with Crippen molar-refractivity contribution < 1.29 is 4.74 Å². The Hall–Kier alpha value is -0.500. The first-order valence-electron chi connectivity index (χ1n) is 4.59. The van der Waals surface area contributed by atoms with Crippen LogP contribution in [0.3, 0.4) is 0 Å². The molecule has 0 saturated heterocycles. The first kappa shape index (κ1) is 9.07. The summed E-state index contributed by atoms with van der Waals surface area (Å²) in [7, 11) is 1.70. The summed E-state index contributed by atoms with van der Waals surface area (Å²) in [5.74, 6) is 1.78. The van der Waals surface area contributed by atoms with E-state index in [4.69, 9.17) is 4.74 Å². The van der Waals surface area contributed by atoms with Gasteiger partial charge in [-0.05, 0) is 36.5 Å².